The van der Waals surface area contributed by atoms with E-state index in [9.17, 15) is 9.18 Å². The lowest BCUT2D eigenvalue weighted by atomic mass is 9.99. The number of halogens is 1. The number of pyridine rings is 2. The molecule has 25 heavy (non-hydrogen) atoms. The molecular weight excluding hydrogens is 321 g/mol. The number of rotatable bonds is 0. The number of aromatic nitrogens is 2. The summed E-state index contributed by atoms with van der Waals surface area (Å²) in [6, 6.07) is 0.353. The van der Waals surface area contributed by atoms with Crippen molar-refractivity contribution in [2.75, 3.05) is 30.4 Å². The zero-order chi connectivity index (χ0) is 18.0. The van der Waals surface area contributed by atoms with E-state index in [4.69, 9.17) is 0 Å². The van der Waals surface area contributed by atoms with Crippen molar-refractivity contribution in [3.05, 3.63) is 40.3 Å². The number of hydrogen-bond donors (Lipinski definition) is 1. The Hall–Kier alpha value is -2.41. The third-order valence-electron chi connectivity index (χ3n) is 5.54. The van der Waals surface area contributed by atoms with Crippen LogP contribution in [0.25, 0.3) is 10.9 Å². The minimum absolute atomic E-state index is 0.0355. The molecule has 2 atom stereocenters. The Balaban J connectivity index is 2.07. The van der Waals surface area contributed by atoms with Gasteiger partial charge in [-0.05, 0) is 20.9 Å². The quantitative estimate of drug-likeness (QED) is 0.791. The van der Waals surface area contributed by atoms with Crippen molar-refractivity contribution < 1.29 is 4.39 Å². The Morgan fingerprint density at radius 2 is 2.08 bits per heavy atom. The van der Waals surface area contributed by atoms with E-state index in [0.717, 1.165) is 24.5 Å². The molecule has 132 valence electrons. The number of nitrogens with zero attached hydrogens (tertiary/aromatic N) is 4. The Kier molecular flexibility index (Phi) is 3.40. The molecule has 1 fully saturated rings. The van der Waals surface area contributed by atoms with Gasteiger partial charge in [0.15, 0.2) is 5.82 Å². The van der Waals surface area contributed by atoms with E-state index in [1.54, 1.807) is 20.2 Å². The first-order valence-corrected chi connectivity index (χ1v) is 8.41. The second-order valence-electron chi connectivity index (χ2n) is 7.11. The normalized spacial score (nSPS) is 23.4. The molecular formula is C18H22FN5O. The minimum atomic E-state index is -0.442. The molecule has 4 heterocycles. The van der Waals surface area contributed by atoms with Gasteiger partial charge in [-0.2, -0.15) is 0 Å². The second kappa shape index (κ2) is 5.29. The van der Waals surface area contributed by atoms with Gasteiger partial charge in [-0.1, -0.05) is 6.58 Å². The summed E-state index contributed by atoms with van der Waals surface area (Å²) in [6.07, 6.45) is 1.67. The molecule has 2 unspecified atom stereocenters. The number of likely N-dealkylation sites (N-methyl/N-ethyl adjacent to an activating group) is 1. The van der Waals surface area contributed by atoms with E-state index in [1.165, 1.54) is 4.57 Å². The van der Waals surface area contributed by atoms with Crippen LogP contribution in [0.2, 0.25) is 0 Å². The summed E-state index contributed by atoms with van der Waals surface area (Å²) in [6.45, 7) is 9.42. The molecule has 2 aliphatic rings. The Bertz CT molecular complexity index is 966. The number of hydrogen-bond acceptors (Lipinski definition) is 5. The number of piperazine rings is 1. The predicted octanol–water partition coefficient (Wildman–Crippen LogP) is 1.83. The highest BCUT2D eigenvalue weighted by Gasteiger charge is 2.38. The van der Waals surface area contributed by atoms with Gasteiger partial charge in [0.1, 0.15) is 5.69 Å². The van der Waals surface area contributed by atoms with Gasteiger partial charge >= 0.3 is 0 Å². The van der Waals surface area contributed by atoms with Gasteiger partial charge in [-0.15, -0.1) is 0 Å². The number of aryl methyl sites for hydroxylation is 2. The third kappa shape index (κ3) is 2.12. The van der Waals surface area contributed by atoms with Gasteiger partial charge in [0.25, 0.3) is 5.56 Å². The molecule has 0 aliphatic carbocycles. The SMILES string of the molecule is C=C1Nc2c(c3cnc(C)c(F)c3n(C)c2=O)N2CC(C)N(C)CC12. The van der Waals surface area contributed by atoms with Crippen LogP contribution in [0.5, 0.6) is 0 Å². The van der Waals surface area contributed by atoms with Crippen LogP contribution < -0.4 is 15.8 Å². The Morgan fingerprint density at radius 3 is 2.80 bits per heavy atom. The van der Waals surface area contributed by atoms with E-state index in [2.05, 4.69) is 40.7 Å². The molecule has 4 rings (SSSR count). The van der Waals surface area contributed by atoms with Gasteiger partial charge < -0.3 is 14.8 Å². The number of nitrogens with one attached hydrogen (secondary N) is 1. The fraction of sp³-hybridized carbons (Fsp3) is 0.444. The lowest BCUT2D eigenvalue weighted by molar-refractivity contribution is 0.210. The summed E-state index contributed by atoms with van der Waals surface area (Å²) in [7, 11) is 3.67. The van der Waals surface area contributed by atoms with E-state index in [0.29, 0.717) is 28.3 Å². The molecule has 6 nitrogen and oxygen atoms in total. The van der Waals surface area contributed by atoms with Crippen LogP contribution in [-0.2, 0) is 7.05 Å². The van der Waals surface area contributed by atoms with E-state index in [-0.39, 0.29) is 11.6 Å². The van der Waals surface area contributed by atoms with Crippen LogP contribution in [-0.4, -0.2) is 46.7 Å². The zero-order valence-electron chi connectivity index (χ0n) is 14.9. The molecule has 0 saturated carbocycles. The molecule has 0 spiro atoms. The molecule has 7 heteroatoms. The van der Waals surface area contributed by atoms with Crippen molar-refractivity contribution in [2.24, 2.45) is 7.05 Å². The first-order valence-electron chi connectivity index (χ1n) is 8.41. The van der Waals surface area contributed by atoms with Crippen molar-refractivity contribution in [1.29, 1.82) is 0 Å². The maximum Gasteiger partial charge on any atom is 0.276 e. The van der Waals surface area contributed by atoms with Gasteiger partial charge in [0.05, 0.1) is 22.9 Å². The van der Waals surface area contributed by atoms with Crippen LogP contribution in [0.4, 0.5) is 15.8 Å². The van der Waals surface area contributed by atoms with Crippen molar-refractivity contribution in [3.8, 4) is 0 Å². The minimum Gasteiger partial charge on any atom is -0.358 e. The van der Waals surface area contributed by atoms with E-state index >= 15 is 0 Å². The first-order chi connectivity index (χ1) is 11.8. The molecule has 1 N–H and O–H groups in total. The molecule has 0 amide bonds. The molecule has 0 radical (unpaired) electrons. The topological polar surface area (TPSA) is 53.4 Å². The summed E-state index contributed by atoms with van der Waals surface area (Å²) in [4.78, 5) is 21.5. The van der Waals surface area contributed by atoms with Crippen molar-refractivity contribution in [2.45, 2.75) is 25.9 Å². The average Bonchev–Trinajstić information content (AvgIpc) is 2.57. The highest BCUT2D eigenvalue weighted by Crippen LogP contribution is 2.40. The summed E-state index contributed by atoms with van der Waals surface area (Å²) in [5, 5.41) is 3.84. The maximum atomic E-state index is 14.8. The summed E-state index contributed by atoms with van der Waals surface area (Å²) >= 11 is 0. The highest BCUT2D eigenvalue weighted by atomic mass is 19.1. The van der Waals surface area contributed by atoms with Crippen LogP contribution in [0, 0.1) is 12.7 Å². The summed E-state index contributed by atoms with van der Waals surface area (Å²) in [5.41, 5.74) is 2.33. The van der Waals surface area contributed by atoms with Gasteiger partial charge in [-0.25, -0.2) is 4.39 Å². The fourth-order valence-corrected chi connectivity index (χ4v) is 3.88. The van der Waals surface area contributed by atoms with Crippen molar-refractivity contribution in [1.82, 2.24) is 14.5 Å². The Morgan fingerprint density at radius 1 is 1.36 bits per heavy atom. The van der Waals surface area contributed by atoms with Gasteiger partial charge in [0, 0.05) is 43.5 Å². The summed E-state index contributed by atoms with van der Waals surface area (Å²) in [5.74, 6) is -0.442. The smallest absolute Gasteiger partial charge is 0.276 e. The van der Waals surface area contributed by atoms with Crippen LogP contribution in [0.15, 0.2) is 23.3 Å². The van der Waals surface area contributed by atoms with Crippen LogP contribution in [0.3, 0.4) is 0 Å². The summed E-state index contributed by atoms with van der Waals surface area (Å²) < 4.78 is 16.1. The average molecular weight is 343 g/mol. The zero-order valence-corrected chi connectivity index (χ0v) is 14.9. The first kappa shape index (κ1) is 16.1. The van der Waals surface area contributed by atoms with E-state index < -0.39 is 5.82 Å². The standard InChI is InChI=1S/C18H22FN5O/c1-9-7-24-13(8-22(9)4)10(2)21-15-17(24)12-6-20-11(3)14(19)16(12)23(5)18(15)25/h6,9,13,21H,2,7-8H2,1,3-5H3. The predicted molar refractivity (Wildman–Crippen MR) is 97.7 cm³/mol. The highest BCUT2D eigenvalue weighted by molar-refractivity contribution is 6.00. The molecule has 2 aromatic rings. The Labute approximate surface area is 145 Å². The fourth-order valence-electron chi connectivity index (χ4n) is 3.88. The second-order valence-corrected chi connectivity index (χ2v) is 7.11. The molecule has 2 aliphatic heterocycles. The van der Waals surface area contributed by atoms with Crippen LogP contribution >= 0.6 is 0 Å². The van der Waals surface area contributed by atoms with Crippen LogP contribution in [0.1, 0.15) is 12.6 Å². The van der Waals surface area contributed by atoms with E-state index in [1.807, 2.05) is 0 Å². The number of fused-ring (bicyclic) bond motifs is 5. The largest absolute Gasteiger partial charge is 0.358 e. The van der Waals surface area contributed by atoms with Crippen molar-refractivity contribution in [3.63, 3.8) is 0 Å². The lowest BCUT2D eigenvalue weighted by Crippen LogP contribution is -2.59. The monoisotopic (exact) mass is 343 g/mol. The molecule has 2 aromatic heterocycles. The van der Waals surface area contributed by atoms with Gasteiger partial charge in [-0.3, -0.25) is 14.7 Å². The lowest BCUT2D eigenvalue weighted by Gasteiger charge is -2.49. The van der Waals surface area contributed by atoms with Crippen molar-refractivity contribution >= 4 is 22.3 Å². The van der Waals surface area contributed by atoms with Gasteiger partial charge in [0.2, 0.25) is 0 Å². The molecule has 0 aromatic carbocycles. The molecule has 0 bridgehead atoms. The molecule has 1 saturated heterocycles. The maximum absolute atomic E-state index is 14.8. The number of anilines is 2. The third-order valence-corrected chi connectivity index (χ3v) is 5.54.